The molecule has 1 aromatic carbocycles. The topological polar surface area (TPSA) is 12.9 Å². The molecule has 2 aromatic rings. The number of rotatable bonds is 4. The third kappa shape index (κ3) is 3.28. The Morgan fingerprint density at radius 1 is 1.00 bits per heavy atom. The van der Waals surface area contributed by atoms with Crippen molar-refractivity contribution in [2.75, 3.05) is 4.43 Å². The molecule has 2 rings (SSSR count). The zero-order valence-corrected chi connectivity index (χ0v) is 12.1. The molecule has 0 saturated heterocycles. The van der Waals surface area contributed by atoms with E-state index in [1.54, 1.807) is 0 Å². The Bertz CT molecular complexity index is 459. The molecule has 1 aromatic heterocycles. The lowest BCUT2D eigenvalue weighted by molar-refractivity contribution is 1.04. The number of alkyl halides is 1. The van der Waals surface area contributed by atoms with Crippen molar-refractivity contribution in [2.24, 2.45) is 0 Å². The maximum atomic E-state index is 4.43. The van der Waals surface area contributed by atoms with Gasteiger partial charge in [-0.15, -0.1) is 0 Å². The van der Waals surface area contributed by atoms with E-state index in [1.807, 2.05) is 6.20 Å². The second-order valence-corrected chi connectivity index (χ2v) is 5.11. The summed E-state index contributed by atoms with van der Waals surface area (Å²) in [7, 11) is 0. The summed E-state index contributed by atoms with van der Waals surface area (Å²) >= 11 is 2.41. The van der Waals surface area contributed by atoms with Gasteiger partial charge in [-0.3, -0.25) is 4.98 Å². The van der Waals surface area contributed by atoms with Crippen LogP contribution in [0.25, 0.3) is 11.1 Å². The van der Waals surface area contributed by atoms with Gasteiger partial charge in [0.1, 0.15) is 0 Å². The standard InChI is InChI=1S/C15H16IN/c1-2-15-8-7-14(11-17-15)13-5-3-12(4-6-13)9-10-16/h3-8,11H,2,9-10H2,1H3. The molecular formula is C15H16IN. The third-order valence-corrected chi connectivity index (χ3v) is 3.40. The number of aromatic nitrogens is 1. The van der Waals surface area contributed by atoms with Crippen LogP contribution in [0.4, 0.5) is 0 Å². The molecule has 0 fully saturated rings. The van der Waals surface area contributed by atoms with E-state index < -0.39 is 0 Å². The zero-order valence-electron chi connectivity index (χ0n) is 9.99. The molecule has 0 unspecified atom stereocenters. The molecule has 88 valence electrons. The van der Waals surface area contributed by atoms with Crippen LogP contribution in [-0.4, -0.2) is 9.41 Å². The highest BCUT2D eigenvalue weighted by atomic mass is 127. The van der Waals surface area contributed by atoms with Gasteiger partial charge in [-0.1, -0.05) is 59.8 Å². The van der Waals surface area contributed by atoms with Gasteiger partial charge in [0, 0.05) is 21.9 Å². The van der Waals surface area contributed by atoms with Crippen molar-refractivity contribution < 1.29 is 0 Å². The zero-order chi connectivity index (χ0) is 12.1. The monoisotopic (exact) mass is 337 g/mol. The van der Waals surface area contributed by atoms with E-state index >= 15 is 0 Å². The highest BCUT2D eigenvalue weighted by molar-refractivity contribution is 14.1. The van der Waals surface area contributed by atoms with Gasteiger partial charge in [0.15, 0.2) is 0 Å². The van der Waals surface area contributed by atoms with Crippen molar-refractivity contribution in [3.8, 4) is 11.1 Å². The van der Waals surface area contributed by atoms with Gasteiger partial charge >= 0.3 is 0 Å². The highest BCUT2D eigenvalue weighted by Gasteiger charge is 1.99. The van der Waals surface area contributed by atoms with Crippen LogP contribution in [0.2, 0.25) is 0 Å². The minimum atomic E-state index is 0.995. The lowest BCUT2D eigenvalue weighted by Crippen LogP contribution is -1.88. The first-order chi connectivity index (χ1) is 8.33. The molecule has 0 saturated carbocycles. The lowest BCUT2D eigenvalue weighted by atomic mass is 10.0. The summed E-state index contributed by atoms with van der Waals surface area (Å²) in [6, 6.07) is 13.0. The van der Waals surface area contributed by atoms with Gasteiger partial charge < -0.3 is 0 Å². The fourth-order valence-corrected chi connectivity index (χ4v) is 2.40. The first-order valence-corrected chi connectivity index (χ1v) is 7.46. The first-order valence-electron chi connectivity index (χ1n) is 5.93. The minimum absolute atomic E-state index is 0.995. The molecule has 0 atom stereocenters. The Labute approximate surface area is 116 Å². The van der Waals surface area contributed by atoms with Crippen LogP contribution in [0.1, 0.15) is 18.2 Å². The second kappa shape index (κ2) is 6.15. The van der Waals surface area contributed by atoms with Gasteiger partial charge in [0.05, 0.1) is 0 Å². The van der Waals surface area contributed by atoms with Gasteiger partial charge in [-0.25, -0.2) is 0 Å². The molecule has 1 heterocycles. The number of nitrogens with zero attached hydrogens (tertiary/aromatic N) is 1. The Balaban J connectivity index is 2.20. The molecule has 17 heavy (non-hydrogen) atoms. The van der Waals surface area contributed by atoms with Crippen LogP contribution in [0.15, 0.2) is 42.6 Å². The van der Waals surface area contributed by atoms with E-state index in [0.29, 0.717) is 0 Å². The molecule has 0 aliphatic rings. The largest absolute Gasteiger partial charge is 0.261 e. The van der Waals surface area contributed by atoms with Crippen LogP contribution in [-0.2, 0) is 12.8 Å². The summed E-state index contributed by atoms with van der Waals surface area (Å²) < 4.78 is 1.17. The van der Waals surface area contributed by atoms with Gasteiger partial charge in [0.25, 0.3) is 0 Å². The predicted molar refractivity (Wildman–Crippen MR) is 81.6 cm³/mol. The summed E-state index contributed by atoms with van der Waals surface area (Å²) in [4.78, 5) is 4.43. The summed E-state index contributed by atoms with van der Waals surface area (Å²) in [6.07, 6.45) is 4.11. The molecule has 0 spiro atoms. The summed E-state index contributed by atoms with van der Waals surface area (Å²) in [5, 5.41) is 0. The van der Waals surface area contributed by atoms with E-state index in [1.165, 1.54) is 21.1 Å². The van der Waals surface area contributed by atoms with Crippen molar-refractivity contribution in [3.63, 3.8) is 0 Å². The fourth-order valence-electron chi connectivity index (χ4n) is 1.78. The summed E-state index contributed by atoms with van der Waals surface area (Å²) in [5.74, 6) is 0. The van der Waals surface area contributed by atoms with E-state index in [9.17, 15) is 0 Å². The lowest BCUT2D eigenvalue weighted by Gasteiger charge is -2.04. The maximum Gasteiger partial charge on any atom is 0.0401 e. The molecule has 0 radical (unpaired) electrons. The molecule has 1 nitrogen and oxygen atoms in total. The van der Waals surface area contributed by atoms with Crippen molar-refractivity contribution in [1.82, 2.24) is 4.98 Å². The third-order valence-electron chi connectivity index (χ3n) is 2.86. The average molecular weight is 337 g/mol. The van der Waals surface area contributed by atoms with Crippen LogP contribution in [0.5, 0.6) is 0 Å². The van der Waals surface area contributed by atoms with Crippen LogP contribution in [0, 0.1) is 0 Å². The Morgan fingerprint density at radius 3 is 2.24 bits per heavy atom. The molecule has 0 aliphatic heterocycles. The first kappa shape index (κ1) is 12.6. The Morgan fingerprint density at radius 2 is 1.71 bits per heavy atom. The molecule has 0 amide bonds. The number of hydrogen-bond donors (Lipinski definition) is 0. The van der Waals surface area contributed by atoms with Gasteiger partial charge in [0.2, 0.25) is 0 Å². The van der Waals surface area contributed by atoms with Crippen molar-refractivity contribution in [3.05, 3.63) is 53.9 Å². The number of pyridine rings is 1. The maximum absolute atomic E-state index is 4.43. The second-order valence-electron chi connectivity index (χ2n) is 4.03. The van der Waals surface area contributed by atoms with E-state index in [0.717, 1.165) is 18.5 Å². The Kier molecular flexibility index (Phi) is 4.54. The number of aryl methyl sites for hydroxylation is 2. The fraction of sp³-hybridized carbons (Fsp3) is 0.267. The predicted octanol–water partition coefficient (Wildman–Crippen LogP) is 4.29. The smallest absolute Gasteiger partial charge is 0.0401 e. The number of halogens is 1. The highest BCUT2D eigenvalue weighted by Crippen LogP contribution is 2.19. The van der Waals surface area contributed by atoms with Crippen LogP contribution < -0.4 is 0 Å². The summed E-state index contributed by atoms with van der Waals surface area (Å²) in [6.45, 7) is 2.13. The average Bonchev–Trinajstić information content (AvgIpc) is 2.40. The number of hydrogen-bond acceptors (Lipinski definition) is 1. The van der Waals surface area contributed by atoms with E-state index in [2.05, 4.69) is 70.9 Å². The quantitative estimate of drug-likeness (QED) is 0.599. The molecule has 0 N–H and O–H groups in total. The minimum Gasteiger partial charge on any atom is -0.261 e. The molecule has 0 aliphatic carbocycles. The molecular weight excluding hydrogens is 321 g/mol. The Hall–Kier alpha value is -0.900. The van der Waals surface area contributed by atoms with Gasteiger partial charge in [-0.2, -0.15) is 0 Å². The number of benzene rings is 1. The molecule has 2 heteroatoms. The van der Waals surface area contributed by atoms with Gasteiger partial charge in [-0.05, 0) is 30.0 Å². The van der Waals surface area contributed by atoms with E-state index in [4.69, 9.17) is 0 Å². The SMILES string of the molecule is CCc1ccc(-c2ccc(CCI)cc2)cn1. The van der Waals surface area contributed by atoms with Crippen molar-refractivity contribution in [1.29, 1.82) is 0 Å². The van der Waals surface area contributed by atoms with Crippen molar-refractivity contribution in [2.45, 2.75) is 19.8 Å². The molecule has 0 bridgehead atoms. The van der Waals surface area contributed by atoms with Crippen molar-refractivity contribution >= 4 is 22.6 Å². The normalized spacial score (nSPS) is 10.5. The van der Waals surface area contributed by atoms with Crippen LogP contribution in [0.3, 0.4) is 0 Å². The van der Waals surface area contributed by atoms with E-state index in [-0.39, 0.29) is 0 Å². The van der Waals surface area contributed by atoms with Crippen LogP contribution >= 0.6 is 22.6 Å². The summed E-state index contributed by atoms with van der Waals surface area (Å²) in [5.41, 5.74) is 5.00.